The molecular formula is C22H32IN5O2S. The first-order valence-electron chi connectivity index (χ1n) is 10.4. The van der Waals surface area contributed by atoms with Gasteiger partial charge in [-0.05, 0) is 32.3 Å². The molecule has 0 radical (unpaired) electrons. The van der Waals surface area contributed by atoms with Crippen LogP contribution < -0.4 is 20.1 Å². The lowest BCUT2D eigenvalue weighted by molar-refractivity contribution is 0.398. The topological polar surface area (TPSA) is 83.6 Å². The van der Waals surface area contributed by atoms with Crippen molar-refractivity contribution in [3.63, 3.8) is 0 Å². The number of methoxy groups -OCH3 is 2. The molecule has 0 saturated heterocycles. The summed E-state index contributed by atoms with van der Waals surface area (Å²) >= 11 is 1.73. The lowest BCUT2D eigenvalue weighted by atomic mass is 10.2. The van der Waals surface area contributed by atoms with Crippen LogP contribution in [0.25, 0.3) is 10.9 Å². The molecule has 0 aliphatic rings. The van der Waals surface area contributed by atoms with Crippen LogP contribution in [-0.2, 0) is 19.4 Å². The summed E-state index contributed by atoms with van der Waals surface area (Å²) in [4.78, 5) is 13.9. The number of hydrogen-bond acceptors (Lipinski definition) is 5. The number of aryl methyl sites for hydroxylation is 2. The molecule has 0 aliphatic carbocycles. The van der Waals surface area contributed by atoms with Gasteiger partial charge in [0, 0.05) is 47.4 Å². The van der Waals surface area contributed by atoms with Gasteiger partial charge in [0.2, 0.25) is 0 Å². The number of nitrogens with one attached hydrogen (secondary N) is 3. The highest BCUT2D eigenvalue weighted by Gasteiger charge is 2.09. The minimum absolute atomic E-state index is 0. The number of ether oxygens (including phenoxy) is 2. The van der Waals surface area contributed by atoms with E-state index in [2.05, 4.69) is 45.5 Å². The lowest BCUT2D eigenvalue weighted by Crippen LogP contribution is -2.37. The summed E-state index contributed by atoms with van der Waals surface area (Å²) in [6.45, 7) is 6.48. The van der Waals surface area contributed by atoms with Crippen LogP contribution in [-0.4, -0.2) is 43.2 Å². The third kappa shape index (κ3) is 6.99. The molecule has 31 heavy (non-hydrogen) atoms. The summed E-state index contributed by atoms with van der Waals surface area (Å²) < 4.78 is 10.8. The Balaban J connectivity index is 0.00000341. The van der Waals surface area contributed by atoms with Gasteiger partial charge in [0.05, 0.1) is 26.3 Å². The van der Waals surface area contributed by atoms with E-state index in [-0.39, 0.29) is 24.0 Å². The van der Waals surface area contributed by atoms with E-state index < -0.39 is 0 Å². The Hall–Kier alpha value is -2.01. The summed E-state index contributed by atoms with van der Waals surface area (Å²) in [5.41, 5.74) is 2.20. The number of aromatic nitrogens is 2. The van der Waals surface area contributed by atoms with E-state index in [1.165, 1.54) is 10.6 Å². The third-order valence-electron chi connectivity index (χ3n) is 4.77. The molecule has 3 N–H and O–H groups in total. The van der Waals surface area contributed by atoms with Gasteiger partial charge in [-0.3, -0.25) is 0 Å². The number of rotatable bonds is 10. The largest absolute Gasteiger partial charge is 0.497 e. The number of fused-ring (bicyclic) bond motifs is 1. The van der Waals surface area contributed by atoms with Gasteiger partial charge >= 0.3 is 0 Å². The van der Waals surface area contributed by atoms with E-state index in [1.807, 2.05) is 18.3 Å². The normalized spacial score (nSPS) is 11.3. The fourth-order valence-corrected chi connectivity index (χ4v) is 4.00. The number of aliphatic imine (C=N–C) groups is 1. The van der Waals surface area contributed by atoms with Gasteiger partial charge in [-0.2, -0.15) is 0 Å². The van der Waals surface area contributed by atoms with Crippen molar-refractivity contribution < 1.29 is 9.47 Å². The van der Waals surface area contributed by atoms with Crippen LogP contribution in [0.4, 0.5) is 0 Å². The van der Waals surface area contributed by atoms with Gasteiger partial charge in [0.1, 0.15) is 16.5 Å². The fraction of sp³-hybridized carbons (Fsp3) is 0.455. The molecular weight excluding hydrogens is 525 g/mol. The van der Waals surface area contributed by atoms with E-state index >= 15 is 0 Å². The molecule has 9 heteroatoms. The zero-order valence-corrected chi connectivity index (χ0v) is 21.7. The van der Waals surface area contributed by atoms with Gasteiger partial charge in [0.25, 0.3) is 0 Å². The number of benzene rings is 1. The molecule has 7 nitrogen and oxygen atoms in total. The lowest BCUT2D eigenvalue weighted by Gasteiger charge is -2.10. The monoisotopic (exact) mass is 557 g/mol. The number of halogens is 1. The molecule has 0 aliphatic heterocycles. The second-order valence-corrected chi connectivity index (χ2v) is 8.08. The molecule has 0 atom stereocenters. The average Bonchev–Trinajstić information content (AvgIpc) is 3.40. The standard InChI is InChI=1S/C22H31N5O2S.HI/c1-5-17-13-25-21(30-17)14-26-22(23-6-2)24-9-7-8-15-10-18-19(27-15)11-16(28-3)12-20(18)29-4;/h10-13,27H,5-9,14H2,1-4H3,(H2,23,24,26);1H. The molecule has 0 fully saturated rings. The summed E-state index contributed by atoms with van der Waals surface area (Å²) in [5.74, 6) is 2.43. The van der Waals surface area contributed by atoms with Crippen molar-refractivity contribution in [2.24, 2.45) is 4.99 Å². The molecule has 3 rings (SSSR count). The molecule has 1 aromatic carbocycles. The molecule has 0 unspecified atom stereocenters. The summed E-state index contributed by atoms with van der Waals surface area (Å²) in [5, 5.41) is 8.84. The minimum Gasteiger partial charge on any atom is -0.497 e. The van der Waals surface area contributed by atoms with Gasteiger partial charge in [-0.25, -0.2) is 9.98 Å². The van der Waals surface area contributed by atoms with Crippen LogP contribution in [0.15, 0.2) is 29.4 Å². The summed E-state index contributed by atoms with van der Waals surface area (Å²) in [6.07, 6.45) is 4.87. The maximum atomic E-state index is 5.50. The molecule has 170 valence electrons. The first kappa shape index (κ1) is 25.3. The Bertz CT molecular complexity index is 986. The Morgan fingerprint density at radius 3 is 2.68 bits per heavy atom. The maximum absolute atomic E-state index is 5.50. The number of thiazole rings is 1. The second kappa shape index (κ2) is 12.7. The number of H-pyrrole nitrogens is 1. The Kier molecular flexibility index (Phi) is 10.4. The van der Waals surface area contributed by atoms with Crippen LogP contribution in [0, 0.1) is 0 Å². The molecule has 2 aromatic heterocycles. The molecule has 2 heterocycles. The Morgan fingerprint density at radius 1 is 1.16 bits per heavy atom. The second-order valence-electron chi connectivity index (χ2n) is 6.88. The predicted octanol–water partition coefficient (Wildman–Crippen LogP) is 4.51. The van der Waals surface area contributed by atoms with Crippen molar-refractivity contribution in [2.75, 3.05) is 27.3 Å². The van der Waals surface area contributed by atoms with Gasteiger partial charge in [0.15, 0.2) is 5.96 Å². The van der Waals surface area contributed by atoms with Crippen molar-refractivity contribution in [3.8, 4) is 11.5 Å². The first-order valence-corrected chi connectivity index (χ1v) is 11.2. The van der Waals surface area contributed by atoms with Crippen molar-refractivity contribution in [1.82, 2.24) is 20.6 Å². The van der Waals surface area contributed by atoms with Crippen LogP contribution in [0.1, 0.15) is 35.8 Å². The quantitative estimate of drug-likeness (QED) is 0.148. The highest BCUT2D eigenvalue weighted by molar-refractivity contribution is 14.0. The van der Waals surface area contributed by atoms with Gasteiger partial charge in [-0.1, -0.05) is 6.92 Å². The van der Waals surface area contributed by atoms with E-state index in [4.69, 9.17) is 9.47 Å². The van der Waals surface area contributed by atoms with Crippen LogP contribution in [0.5, 0.6) is 11.5 Å². The minimum atomic E-state index is 0. The maximum Gasteiger partial charge on any atom is 0.191 e. The number of nitrogens with zero attached hydrogens (tertiary/aromatic N) is 2. The summed E-state index contributed by atoms with van der Waals surface area (Å²) in [6, 6.07) is 6.06. The van der Waals surface area contributed by atoms with Crippen molar-refractivity contribution in [2.45, 2.75) is 39.7 Å². The van der Waals surface area contributed by atoms with Gasteiger partial charge in [-0.15, -0.1) is 35.3 Å². The number of hydrogen-bond donors (Lipinski definition) is 3. The number of guanidine groups is 1. The highest BCUT2D eigenvalue weighted by Crippen LogP contribution is 2.31. The smallest absolute Gasteiger partial charge is 0.191 e. The van der Waals surface area contributed by atoms with Crippen LogP contribution in [0.3, 0.4) is 0 Å². The molecule has 3 aromatic rings. The van der Waals surface area contributed by atoms with Crippen LogP contribution in [0.2, 0.25) is 0 Å². The molecule has 0 bridgehead atoms. The SMILES string of the molecule is CCNC(=NCc1ncc(CC)s1)NCCCc1cc2c(OC)cc(OC)cc2[nH]1.I. The predicted molar refractivity (Wildman–Crippen MR) is 139 cm³/mol. The van der Waals surface area contributed by atoms with E-state index in [0.29, 0.717) is 6.54 Å². The highest BCUT2D eigenvalue weighted by atomic mass is 127. The zero-order valence-electron chi connectivity index (χ0n) is 18.6. The fourth-order valence-electron chi connectivity index (χ4n) is 3.22. The van der Waals surface area contributed by atoms with Crippen molar-refractivity contribution in [1.29, 1.82) is 0 Å². The van der Waals surface area contributed by atoms with E-state index in [9.17, 15) is 0 Å². The first-order chi connectivity index (χ1) is 14.7. The Morgan fingerprint density at radius 2 is 2.00 bits per heavy atom. The van der Waals surface area contributed by atoms with E-state index in [1.54, 1.807) is 25.6 Å². The number of aromatic amines is 1. The third-order valence-corrected chi connectivity index (χ3v) is 5.89. The zero-order chi connectivity index (χ0) is 21.3. The van der Waals surface area contributed by atoms with Gasteiger partial charge < -0.3 is 25.1 Å². The molecule has 0 saturated carbocycles. The van der Waals surface area contributed by atoms with Crippen LogP contribution >= 0.6 is 35.3 Å². The van der Waals surface area contributed by atoms with Crippen molar-refractivity contribution >= 4 is 52.2 Å². The summed E-state index contributed by atoms with van der Waals surface area (Å²) in [7, 11) is 3.35. The molecule has 0 spiro atoms. The Labute approximate surface area is 205 Å². The van der Waals surface area contributed by atoms with E-state index in [0.717, 1.165) is 65.7 Å². The molecule has 0 amide bonds. The average molecular weight is 558 g/mol. The van der Waals surface area contributed by atoms with Crippen molar-refractivity contribution in [3.05, 3.63) is 40.0 Å².